The van der Waals surface area contributed by atoms with E-state index in [1.807, 2.05) is 37.5 Å². The van der Waals surface area contributed by atoms with E-state index in [4.69, 9.17) is 0 Å². The minimum atomic E-state index is -3.61. The highest BCUT2D eigenvalue weighted by Gasteiger charge is 2.28. The summed E-state index contributed by atoms with van der Waals surface area (Å²) < 4.78 is 31.2. The lowest BCUT2D eigenvalue weighted by Crippen LogP contribution is -2.36. The number of nitrogens with one attached hydrogen (secondary N) is 2. The first-order chi connectivity index (χ1) is 14.5. The molecule has 1 saturated heterocycles. The molecule has 1 fully saturated rings. The summed E-state index contributed by atoms with van der Waals surface area (Å²) in [5.74, 6) is 0. The Bertz CT molecular complexity index is 1300. The van der Waals surface area contributed by atoms with Gasteiger partial charge >= 0.3 is 0 Å². The minimum Gasteiger partial charge on any atom is -0.361 e. The number of hydrogen-bond acceptors (Lipinski definition) is 3. The van der Waals surface area contributed by atoms with Crippen molar-refractivity contribution in [2.75, 3.05) is 19.6 Å². The molecule has 2 N–H and O–H groups in total. The minimum absolute atomic E-state index is 0.00240. The molecule has 5 rings (SSSR count). The van der Waals surface area contributed by atoms with E-state index in [9.17, 15) is 8.42 Å². The molecule has 0 saturated carbocycles. The van der Waals surface area contributed by atoms with Crippen molar-refractivity contribution in [3.05, 3.63) is 66.5 Å². The standard InChI is InChI=1S/C23H26N4O2S/c1-26-16-20(19-6-2-3-7-22(19)26)23(27-12-4-5-13-27)15-25-30(28,29)18-9-8-17-10-11-24-21(17)14-18/h2-3,6-11,14,16,23-25H,4-5,12-13,15H2,1H3. The number of sulfonamides is 1. The van der Waals surface area contributed by atoms with Crippen molar-refractivity contribution < 1.29 is 8.42 Å². The molecular formula is C23H26N4O2S. The number of hydrogen-bond donors (Lipinski definition) is 2. The number of likely N-dealkylation sites (tertiary alicyclic amines) is 1. The summed E-state index contributed by atoms with van der Waals surface area (Å²) in [6.45, 7) is 2.33. The Hall–Kier alpha value is -2.61. The molecule has 0 spiro atoms. The molecule has 6 nitrogen and oxygen atoms in total. The molecule has 1 aliphatic rings. The second-order valence-corrected chi connectivity index (χ2v) is 9.82. The van der Waals surface area contributed by atoms with Gasteiger partial charge in [0.15, 0.2) is 0 Å². The molecule has 1 atom stereocenters. The van der Waals surface area contributed by atoms with Crippen LogP contribution in [0.1, 0.15) is 24.4 Å². The smallest absolute Gasteiger partial charge is 0.240 e. The lowest BCUT2D eigenvalue weighted by Gasteiger charge is -2.27. The van der Waals surface area contributed by atoms with Gasteiger partial charge in [0.25, 0.3) is 0 Å². The van der Waals surface area contributed by atoms with Gasteiger partial charge in [-0.1, -0.05) is 24.3 Å². The summed E-state index contributed by atoms with van der Waals surface area (Å²) in [6.07, 6.45) is 6.26. The summed E-state index contributed by atoms with van der Waals surface area (Å²) in [6, 6.07) is 15.5. The molecule has 30 heavy (non-hydrogen) atoms. The van der Waals surface area contributed by atoms with Crippen molar-refractivity contribution in [1.82, 2.24) is 19.2 Å². The van der Waals surface area contributed by atoms with Crippen molar-refractivity contribution >= 4 is 31.8 Å². The third-order valence-corrected chi connectivity index (χ3v) is 7.59. The molecule has 2 aromatic heterocycles. The number of benzene rings is 2. The number of aromatic nitrogens is 2. The zero-order valence-corrected chi connectivity index (χ0v) is 17.8. The highest BCUT2D eigenvalue weighted by Crippen LogP contribution is 2.32. The van der Waals surface area contributed by atoms with Crippen molar-refractivity contribution in [3.8, 4) is 0 Å². The van der Waals surface area contributed by atoms with Crippen LogP contribution in [0.2, 0.25) is 0 Å². The summed E-state index contributed by atoms with van der Waals surface area (Å²) in [5, 5.41) is 2.18. The Kier molecular flexibility index (Phi) is 4.89. The zero-order chi connectivity index (χ0) is 20.7. The number of rotatable bonds is 6. The van der Waals surface area contributed by atoms with Crippen molar-refractivity contribution in [3.63, 3.8) is 0 Å². The molecule has 156 valence electrons. The summed E-state index contributed by atoms with van der Waals surface area (Å²) in [4.78, 5) is 5.78. The van der Waals surface area contributed by atoms with Crippen molar-refractivity contribution in [1.29, 1.82) is 0 Å². The van der Waals surface area contributed by atoms with E-state index in [2.05, 4.69) is 37.5 Å². The van der Waals surface area contributed by atoms with Crippen molar-refractivity contribution in [2.24, 2.45) is 7.05 Å². The van der Waals surface area contributed by atoms with Gasteiger partial charge in [-0.3, -0.25) is 4.90 Å². The van der Waals surface area contributed by atoms with Gasteiger partial charge in [0, 0.05) is 42.4 Å². The second kappa shape index (κ2) is 7.58. The van der Waals surface area contributed by atoms with E-state index in [-0.39, 0.29) is 10.9 Å². The van der Waals surface area contributed by atoms with E-state index in [0.717, 1.165) is 42.4 Å². The van der Waals surface area contributed by atoms with Gasteiger partial charge in [-0.25, -0.2) is 13.1 Å². The fourth-order valence-electron chi connectivity index (χ4n) is 4.59. The van der Waals surface area contributed by atoms with E-state index in [1.165, 1.54) is 10.9 Å². The Morgan fingerprint density at radius 3 is 2.73 bits per heavy atom. The van der Waals surface area contributed by atoms with E-state index >= 15 is 0 Å². The Morgan fingerprint density at radius 2 is 1.90 bits per heavy atom. The monoisotopic (exact) mass is 422 g/mol. The maximum absolute atomic E-state index is 13.1. The van der Waals surface area contributed by atoms with Crippen molar-refractivity contribution in [2.45, 2.75) is 23.8 Å². The lowest BCUT2D eigenvalue weighted by atomic mass is 10.0. The van der Waals surface area contributed by atoms with Gasteiger partial charge in [0.1, 0.15) is 0 Å². The first-order valence-corrected chi connectivity index (χ1v) is 11.9. The average Bonchev–Trinajstić information content (AvgIpc) is 3.49. The van der Waals surface area contributed by atoms with Crippen LogP contribution in [0.25, 0.3) is 21.8 Å². The summed E-state index contributed by atoms with van der Waals surface area (Å²) in [7, 11) is -1.57. The van der Waals surface area contributed by atoms with Crippen LogP contribution in [0, 0.1) is 0 Å². The summed E-state index contributed by atoms with van der Waals surface area (Å²) >= 11 is 0. The number of aromatic amines is 1. The third kappa shape index (κ3) is 3.43. The van der Waals surface area contributed by atoms with Crippen LogP contribution in [0.4, 0.5) is 0 Å². The van der Waals surface area contributed by atoms with Crippen LogP contribution in [-0.4, -0.2) is 42.5 Å². The van der Waals surface area contributed by atoms with Gasteiger partial charge in [0.2, 0.25) is 10.0 Å². The molecule has 0 radical (unpaired) electrons. The molecule has 0 aliphatic carbocycles. The first kappa shape index (κ1) is 19.4. The number of fused-ring (bicyclic) bond motifs is 2. The second-order valence-electron chi connectivity index (χ2n) is 8.05. The SMILES string of the molecule is Cn1cc(C(CNS(=O)(=O)c2ccc3cc[nH]c3c2)N2CCCC2)c2ccccc21. The average molecular weight is 423 g/mol. The topological polar surface area (TPSA) is 70.1 Å². The van der Waals surface area contributed by atoms with E-state index in [0.29, 0.717) is 6.54 Å². The fourth-order valence-corrected chi connectivity index (χ4v) is 5.66. The van der Waals surface area contributed by atoms with Gasteiger partial charge in [-0.2, -0.15) is 0 Å². The highest BCUT2D eigenvalue weighted by molar-refractivity contribution is 7.89. The maximum atomic E-state index is 13.1. The predicted octanol–water partition coefficient (Wildman–Crippen LogP) is 3.78. The maximum Gasteiger partial charge on any atom is 0.240 e. The lowest BCUT2D eigenvalue weighted by molar-refractivity contribution is 0.247. The normalized spacial score (nSPS) is 16.6. The van der Waals surface area contributed by atoms with Crippen LogP contribution in [0.3, 0.4) is 0 Å². The highest BCUT2D eigenvalue weighted by atomic mass is 32.2. The van der Waals surface area contributed by atoms with Crippen LogP contribution in [0.15, 0.2) is 65.8 Å². The Balaban J connectivity index is 1.46. The third-order valence-electron chi connectivity index (χ3n) is 6.17. The quantitative estimate of drug-likeness (QED) is 0.497. The van der Waals surface area contributed by atoms with Gasteiger partial charge in [-0.05, 0) is 61.1 Å². The van der Waals surface area contributed by atoms with Gasteiger partial charge in [0.05, 0.1) is 10.9 Å². The molecule has 1 unspecified atom stereocenters. The van der Waals surface area contributed by atoms with Crippen LogP contribution in [-0.2, 0) is 17.1 Å². The number of para-hydroxylation sites is 1. The fraction of sp³-hybridized carbons (Fsp3) is 0.304. The Labute approximate surface area is 176 Å². The molecule has 2 aromatic carbocycles. The van der Waals surface area contributed by atoms with Crippen LogP contribution >= 0.6 is 0 Å². The molecule has 0 bridgehead atoms. The predicted molar refractivity (Wildman–Crippen MR) is 120 cm³/mol. The molecular weight excluding hydrogens is 396 g/mol. The number of H-pyrrole nitrogens is 1. The Morgan fingerprint density at radius 1 is 1.10 bits per heavy atom. The molecule has 0 amide bonds. The molecule has 4 aromatic rings. The number of aryl methyl sites for hydroxylation is 1. The first-order valence-electron chi connectivity index (χ1n) is 10.4. The molecule has 3 heterocycles. The van der Waals surface area contributed by atoms with Gasteiger partial charge in [-0.15, -0.1) is 0 Å². The summed E-state index contributed by atoms with van der Waals surface area (Å²) in [5.41, 5.74) is 3.16. The van der Waals surface area contributed by atoms with Crippen LogP contribution < -0.4 is 4.72 Å². The largest absolute Gasteiger partial charge is 0.361 e. The number of nitrogens with zero attached hydrogens (tertiary/aromatic N) is 2. The molecule has 7 heteroatoms. The van der Waals surface area contributed by atoms with Crippen LogP contribution in [0.5, 0.6) is 0 Å². The van der Waals surface area contributed by atoms with E-state index in [1.54, 1.807) is 12.1 Å². The zero-order valence-electron chi connectivity index (χ0n) is 17.0. The van der Waals surface area contributed by atoms with Gasteiger partial charge < -0.3 is 9.55 Å². The van der Waals surface area contributed by atoms with E-state index < -0.39 is 10.0 Å². The molecule has 1 aliphatic heterocycles.